The summed E-state index contributed by atoms with van der Waals surface area (Å²) < 4.78 is 29.6. The van der Waals surface area contributed by atoms with Crippen LogP contribution in [-0.4, -0.2) is 62.9 Å². The van der Waals surface area contributed by atoms with Gasteiger partial charge in [-0.3, -0.25) is 15.0 Å². The van der Waals surface area contributed by atoms with E-state index in [0.717, 1.165) is 25.7 Å². The van der Waals surface area contributed by atoms with E-state index in [1.54, 1.807) is 13.8 Å². The number of sulfone groups is 1. The normalized spacial score (nSPS) is 16.3. The number of rotatable bonds is 7. The Labute approximate surface area is 141 Å². The zero-order chi connectivity index (χ0) is 17.7. The highest BCUT2D eigenvalue weighted by Crippen LogP contribution is 2.29. The number of hydrogen-bond donors (Lipinski definition) is 1. The molecule has 0 bridgehead atoms. The lowest BCUT2D eigenvalue weighted by molar-refractivity contribution is -0.384. The number of nitrogens with zero attached hydrogens (tertiary/aromatic N) is 2. The molecule has 24 heavy (non-hydrogen) atoms. The average Bonchev–Trinajstić information content (AvgIpc) is 2.55. The highest BCUT2D eigenvalue weighted by atomic mass is 32.2. The summed E-state index contributed by atoms with van der Waals surface area (Å²) in [4.78, 5) is 12.9. The summed E-state index contributed by atoms with van der Waals surface area (Å²) in [5.41, 5.74) is 0.106. The zero-order valence-corrected chi connectivity index (χ0v) is 14.7. The van der Waals surface area contributed by atoms with E-state index in [4.69, 9.17) is 4.74 Å². The Morgan fingerprint density at radius 3 is 2.58 bits per heavy atom. The molecule has 0 spiro atoms. The molecule has 1 heterocycles. The van der Waals surface area contributed by atoms with E-state index < -0.39 is 20.0 Å². The Bertz CT molecular complexity index is 684. The molecule has 0 amide bonds. The van der Waals surface area contributed by atoms with Gasteiger partial charge in [-0.05, 0) is 26.0 Å². The van der Waals surface area contributed by atoms with Crippen molar-refractivity contribution in [3.63, 3.8) is 0 Å². The van der Waals surface area contributed by atoms with Crippen molar-refractivity contribution in [1.82, 2.24) is 4.90 Å². The van der Waals surface area contributed by atoms with E-state index in [9.17, 15) is 18.5 Å². The van der Waals surface area contributed by atoms with E-state index in [-0.39, 0.29) is 10.6 Å². The van der Waals surface area contributed by atoms with Crippen molar-refractivity contribution >= 4 is 21.2 Å². The van der Waals surface area contributed by atoms with Crippen LogP contribution >= 0.6 is 0 Å². The molecule has 0 aromatic heterocycles. The molecule has 8 nitrogen and oxygen atoms in total. The number of ether oxygens (including phenoxy) is 1. The van der Waals surface area contributed by atoms with Crippen LogP contribution in [0.15, 0.2) is 23.1 Å². The smallest absolute Gasteiger partial charge is 0.293 e. The molecule has 0 aliphatic carbocycles. The molecule has 1 saturated heterocycles. The Hall–Kier alpha value is -1.71. The highest BCUT2D eigenvalue weighted by molar-refractivity contribution is 7.92. The van der Waals surface area contributed by atoms with E-state index in [0.29, 0.717) is 25.4 Å². The van der Waals surface area contributed by atoms with Gasteiger partial charge in [0.15, 0.2) is 9.84 Å². The predicted molar refractivity (Wildman–Crippen MR) is 91.2 cm³/mol. The first-order valence-electron chi connectivity index (χ1n) is 7.88. The third-order valence-electron chi connectivity index (χ3n) is 3.96. The Balaban J connectivity index is 2.10. The number of nitro benzene ring substituents is 1. The molecule has 1 aromatic carbocycles. The molecular weight excluding hydrogens is 334 g/mol. The fraction of sp³-hybridized carbons (Fsp3) is 0.600. The second-order valence-electron chi connectivity index (χ2n) is 5.91. The molecule has 134 valence electrons. The first-order chi connectivity index (χ1) is 11.3. The largest absolute Gasteiger partial charge is 0.379 e. The van der Waals surface area contributed by atoms with Gasteiger partial charge in [-0.25, -0.2) is 8.42 Å². The van der Waals surface area contributed by atoms with Crippen molar-refractivity contribution in [2.24, 2.45) is 0 Å². The SMILES string of the molecule is CC(C)S(=O)(=O)c1ccc(NCCN2CCOCC2)c([N+](=O)[O-])c1. The van der Waals surface area contributed by atoms with Crippen molar-refractivity contribution in [3.8, 4) is 0 Å². The summed E-state index contributed by atoms with van der Waals surface area (Å²) in [5, 5.41) is 13.7. The quantitative estimate of drug-likeness (QED) is 0.583. The summed E-state index contributed by atoms with van der Waals surface area (Å²) >= 11 is 0. The van der Waals surface area contributed by atoms with Crippen LogP contribution < -0.4 is 5.32 Å². The average molecular weight is 357 g/mol. The molecule has 1 aliphatic rings. The Morgan fingerprint density at radius 2 is 2.00 bits per heavy atom. The van der Waals surface area contributed by atoms with Crippen molar-refractivity contribution in [2.45, 2.75) is 24.0 Å². The highest BCUT2D eigenvalue weighted by Gasteiger charge is 2.24. The van der Waals surface area contributed by atoms with E-state index in [1.807, 2.05) is 0 Å². The zero-order valence-electron chi connectivity index (χ0n) is 13.9. The minimum atomic E-state index is -3.54. The Kier molecular flexibility index (Phi) is 6.14. The van der Waals surface area contributed by atoms with Gasteiger partial charge >= 0.3 is 0 Å². The number of benzene rings is 1. The first kappa shape index (κ1) is 18.6. The third kappa shape index (κ3) is 4.43. The molecule has 0 atom stereocenters. The van der Waals surface area contributed by atoms with Crippen molar-refractivity contribution in [3.05, 3.63) is 28.3 Å². The van der Waals surface area contributed by atoms with Crippen LogP contribution in [-0.2, 0) is 14.6 Å². The summed E-state index contributed by atoms with van der Waals surface area (Å²) in [6, 6.07) is 4.01. The molecule has 0 saturated carbocycles. The molecular formula is C15H23N3O5S. The summed E-state index contributed by atoms with van der Waals surface area (Å²) in [6.45, 7) is 7.46. The van der Waals surface area contributed by atoms with Crippen molar-refractivity contribution < 1.29 is 18.1 Å². The van der Waals surface area contributed by atoms with Crippen LogP contribution in [0.4, 0.5) is 11.4 Å². The molecule has 9 heteroatoms. The lowest BCUT2D eigenvalue weighted by atomic mass is 10.2. The molecule has 2 rings (SSSR count). The van der Waals surface area contributed by atoms with Crippen LogP contribution in [0.3, 0.4) is 0 Å². The fourth-order valence-electron chi connectivity index (χ4n) is 2.43. The lowest BCUT2D eigenvalue weighted by Crippen LogP contribution is -2.39. The van der Waals surface area contributed by atoms with E-state index in [1.165, 1.54) is 12.1 Å². The predicted octanol–water partition coefficient (Wildman–Crippen LogP) is 1.52. The maximum atomic E-state index is 12.2. The van der Waals surface area contributed by atoms with Crippen molar-refractivity contribution in [2.75, 3.05) is 44.7 Å². The lowest BCUT2D eigenvalue weighted by Gasteiger charge is -2.26. The summed E-state index contributed by atoms with van der Waals surface area (Å²) in [6.07, 6.45) is 0. The Morgan fingerprint density at radius 1 is 1.33 bits per heavy atom. The number of anilines is 1. The fourth-order valence-corrected chi connectivity index (χ4v) is 3.51. The second-order valence-corrected chi connectivity index (χ2v) is 8.41. The van der Waals surface area contributed by atoms with Gasteiger partial charge in [0.05, 0.1) is 28.3 Å². The minimum Gasteiger partial charge on any atom is -0.379 e. The van der Waals surface area contributed by atoms with Crippen LogP contribution in [0.1, 0.15) is 13.8 Å². The van der Waals surface area contributed by atoms with Gasteiger partial charge in [0.25, 0.3) is 5.69 Å². The maximum Gasteiger partial charge on any atom is 0.293 e. The van der Waals surface area contributed by atoms with Crippen LogP contribution in [0, 0.1) is 10.1 Å². The van der Waals surface area contributed by atoms with Gasteiger partial charge < -0.3 is 10.1 Å². The van der Waals surface area contributed by atoms with Crippen molar-refractivity contribution in [1.29, 1.82) is 0 Å². The number of nitrogens with one attached hydrogen (secondary N) is 1. The van der Waals surface area contributed by atoms with Gasteiger partial charge in [-0.15, -0.1) is 0 Å². The molecule has 0 radical (unpaired) electrons. The minimum absolute atomic E-state index is 0.0251. The van der Waals surface area contributed by atoms with Crippen LogP contribution in [0.25, 0.3) is 0 Å². The topological polar surface area (TPSA) is 102 Å². The van der Waals surface area contributed by atoms with Gasteiger partial charge in [0.1, 0.15) is 5.69 Å². The monoisotopic (exact) mass is 357 g/mol. The van der Waals surface area contributed by atoms with Crippen LogP contribution in [0.2, 0.25) is 0 Å². The summed E-state index contributed by atoms with van der Waals surface area (Å²) in [5.74, 6) is 0. The summed E-state index contributed by atoms with van der Waals surface area (Å²) in [7, 11) is -3.54. The third-order valence-corrected chi connectivity index (χ3v) is 6.11. The van der Waals surface area contributed by atoms with Crippen LogP contribution in [0.5, 0.6) is 0 Å². The van der Waals surface area contributed by atoms with Gasteiger partial charge in [0.2, 0.25) is 0 Å². The number of nitro groups is 1. The molecule has 1 N–H and O–H groups in total. The van der Waals surface area contributed by atoms with E-state index in [2.05, 4.69) is 10.2 Å². The standard InChI is InChI=1S/C15H23N3O5S/c1-12(2)24(21,22)13-3-4-14(15(11-13)18(19)20)16-5-6-17-7-9-23-10-8-17/h3-4,11-12,16H,5-10H2,1-2H3. The molecule has 0 unspecified atom stereocenters. The maximum absolute atomic E-state index is 12.2. The van der Waals surface area contributed by atoms with Gasteiger partial charge in [-0.1, -0.05) is 0 Å². The number of morpholine rings is 1. The first-order valence-corrected chi connectivity index (χ1v) is 9.43. The second kappa shape index (κ2) is 7.91. The van der Waals surface area contributed by atoms with Gasteiger partial charge in [-0.2, -0.15) is 0 Å². The van der Waals surface area contributed by atoms with E-state index >= 15 is 0 Å². The molecule has 1 aliphatic heterocycles. The molecule has 1 aromatic rings. The molecule has 1 fully saturated rings. The number of hydrogen-bond acceptors (Lipinski definition) is 7. The van der Waals surface area contributed by atoms with Gasteiger partial charge in [0, 0.05) is 32.2 Å².